The van der Waals surface area contributed by atoms with Crippen LogP contribution in [0.15, 0.2) is 161 Å². The maximum Gasteiger partial charge on any atom is 0.295 e. The summed E-state index contributed by atoms with van der Waals surface area (Å²) in [6, 6.07) is 23.3. The third-order valence-electron chi connectivity index (χ3n) is 15.5. The van der Waals surface area contributed by atoms with Gasteiger partial charge in [0.2, 0.25) is 47.6 Å². The van der Waals surface area contributed by atoms with Crippen molar-refractivity contribution >= 4 is 167 Å². The van der Waals surface area contributed by atoms with Crippen LogP contribution >= 0.6 is 0 Å². The Hall–Kier alpha value is -10.5. The average molecular weight is 1690 g/mol. The Morgan fingerprint density at radius 2 is 0.655 bits per heavy atom. The van der Waals surface area contributed by atoms with Gasteiger partial charge in [0, 0.05) is 73.4 Å². The van der Waals surface area contributed by atoms with Crippen molar-refractivity contribution in [1.82, 2.24) is 40.1 Å². The van der Waals surface area contributed by atoms with E-state index in [1.165, 1.54) is 115 Å². The lowest BCUT2D eigenvalue weighted by molar-refractivity contribution is 0.117. The van der Waals surface area contributed by atoms with Crippen LogP contribution in [0, 0.1) is 0 Å². The van der Waals surface area contributed by atoms with Crippen LogP contribution in [0.1, 0.15) is 49.9 Å². The average Bonchev–Trinajstić information content (AvgIpc) is 0.799. The molecule has 48 heteroatoms. The smallest absolute Gasteiger partial charge is 0.295 e. The van der Waals surface area contributed by atoms with Gasteiger partial charge < -0.3 is 77.7 Å². The molecule has 3 heterocycles. The van der Waals surface area contributed by atoms with Crippen LogP contribution in [-0.2, 0) is 60.7 Å². The van der Waals surface area contributed by atoms with Crippen molar-refractivity contribution in [2.75, 3.05) is 94.2 Å². The molecule has 5 atom stereocenters. The van der Waals surface area contributed by atoms with Gasteiger partial charge in [-0.3, -0.25) is 32.2 Å². The number of rotatable bonds is 35. The summed E-state index contributed by atoms with van der Waals surface area (Å²) in [5.74, 6) is -1.76. The van der Waals surface area contributed by atoms with Crippen molar-refractivity contribution in [1.29, 1.82) is 0 Å². The van der Waals surface area contributed by atoms with E-state index in [0.717, 1.165) is 72.8 Å². The van der Waals surface area contributed by atoms with E-state index in [1.54, 1.807) is 0 Å². The number of nitrogens with zero attached hydrogens (tertiary/aromatic N) is 11. The van der Waals surface area contributed by atoms with Gasteiger partial charge in [-0.05, 0) is 147 Å². The van der Waals surface area contributed by atoms with Crippen LogP contribution in [0.4, 0.5) is 69.8 Å². The number of benzene rings is 6. The maximum atomic E-state index is 13.1. The zero-order valence-corrected chi connectivity index (χ0v) is 64.4. The van der Waals surface area contributed by atoms with Crippen LogP contribution in [0.2, 0.25) is 0 Å². The number of hydrogen-bond donors (Lipinski definition) is 19. The lowest BCUT2D eigenvalue weighted by Crippen LogP contribution is -2.53. The van der Waals surface area contributed by atoms with E-state index in [4.69, 9.17) is 0 Å². The molecule has 0 spiro atoms. The minimum absolute atomic E-state index is 0.0715. The van der Waals surface area contributed by atoms with Gasteiger partial charge in [-0.1, -0.05) is 48.6 Å². The molecule has 0 amide bonds. The first-order valence-corrected chi connectivity index (χ1v) is 41.7. The highest BCUT2D eigenvalue weighted by molar-refractivity contribution is 7.87. The monoisotopic (exact) mass is 1680 g/mol. The van der Waals surface area contributed by atoms with Crippen LogP contribution in [0.3, 0.4) is 0 Å². The zero-order valence-electron chi connectivity index (χ0n) is 59.5. The Bertz CT molecular complexity index is 5650. The first-order valence-electron chi connectivity index (χ1n) is 33.1. The van der Waals surface area contributed by atoms with E-state index in [9.17, 15) is 108 Å². The van der Waals surface area contributed by atoms with Crippen molar-refractivity contribution in [3.05, 3.63) is 144 Å². The number of hydrogen-bond acceptors (Lipinski definition) is 36. The molecule has 0 bridgehead atoms. The summed E-state index contributed by atoms with van der Waals surface area (Å²) in [5.41, 5.74) is -0.917. The molecule has 5 unspecified atom stereocenters. The van der Waals surface area contributed by atoms with Gasteiger partial charge in [-0.25, -0.2) is 4.99 Å². The van der Waals surface area contributed by atoms with E-state index in [2.05, 4.69) is 77.1 Å². The molecule has 0 radical (unpaired) electrons. The van der Waals surface area contributed by atoms with E-state index >= 15 is 0 Å². The molecule has 6 aromatic carbocycles. The molecule has 0 fully saturated rings. The van der Waals surface area contributed by atoms with Crippen molar-refractivity contribution < 1.29 is 108 Å². The van der Waals surface area contributed by atoms with E-state index in [-0.39, 0.29) is 143 Å². The molecular weight excluding hydrogens is 1610 g/mol. The summed E-state index contributed by atoms with van der Waals surface area (Å²) in [6.45, 7) is 4.22. The topological polar surface area (TPSA) is 644 Å². The quantitative estimate of drug-likeness (QED) is 0.0200. The largest absolute Gasteiger partial charge is 0.395 e. The zero-order chi connectivity index (χ0) is 82.7. The lowest BCUT2D eigenvalue weighted by Gasteiger charge is -2.32. The Labute approximate surface area is 647 Å². The molecule has 113 heavy (non-hydrogen) atoms. The number of aliphatic imine (C=N–C) groups is 2. The normalized spacial score (nSPS) is 14.9. The first kappa shape index (κ1) is 86.5. The lowest BCUT2D eigenvalue weighted by atomic mass is 10.1. The van der Waals surface area contributed by atoms with Crippen LogP contribution < -0.4 is 47.0 Å². The van der Waals surface area contributed by atoms with Gasteiger partial charge in [0.25, 0.3) is 60.7 Å². The molecule has 19 N–H and O–H groups in total. The highest BCUT2D eigenvalue weighted by Gasteiger charge is 2.28. The van der Waals surface area contributed by atoms with Gasteiger partial charge in [0.1, 0.15) is 19.6 Å². The van der Waals surface area contributed by atoms with Crippen LogP contribution in [-0.4, -0.2) is 238 Å². The minimum Gasteiger partial charge on any atom is -0.395 e. The third-order valence-corrected chi connectivity index (χ3v) is 20.9. The summed E-state index contributed by atoms with van der Waals surface area (Å²) in [4.78, 5) is 35.5. The fourth-order valence-corrected chi connectivity index (χ4v) is 14.6. The van der Waals surface area contributed by atoms with E-state index in [1.807, 2.05) is 0 Å². The number of guanidine groups is 2. The molecule has 1 aliphatic rings. The Balaban J connectivity index is 0.980. The standard InChI is InChI=1S/C65H76N18O24S6/c1-37(86)33-82(34-38(2)87)64-77-57(66-45-17-21-51(22-18-45)108(90,91)92)72-61(79-64)70-49-15-11-43(55(31-49)112(102,103)104)7-5-41-9-13-47(29-53(41)110(96,97)98)68-59-74-60(76-63(75-59)81(25-27-84)26-28-85)69-48-14-10-42(54(30-48)111(99,100)101)6-8-44-12-16-50(32-56(44)113(105,106)107)71-62-73-58(67-46-19-23-52(24-20-46)109(93,94)95)78-65(80-62)83(35-39(3)88)36-40(4)89/h5-24,29-32,37-40,63,84-89H,25-28,33-36H2,1-4H3,(H,90,91,92)(H,93,94,95)(H,96,97,98)(H,99,100,101)(H,102,103,104)(H,105,106,107)(H2,66,70,72,77,79)(H2,67,71,73,78,80)(H3,68,69,74,75,76)/b7-5+,8-6+. The van der Waals surface area contributed by atoms with Gasteiger partial charge in [0.05, 0.1) is 47.4 Å². The fraction of sp³-hybridized carbons (Fsp3) is 0.262. The summed E-state index contributed by atoms with van der Waals surface area (Å²) in [6.07, 6.45) is -0.787. The van der Waals surface area contributed by atoms with Gasteiger partial charge in [-0.15, -0.1) is 0 Å². The van der Waals surface area contributed by atoms with Crippen molar-refractivity contribution in [2.24, 2.45) is 9.98 Å². The Kier molecular flexibility index (Phi) is 27.7. The van der Waals surface area contributed by atoms with Crippen LogP contribution in [0.5, 0.6) is 0 Å². The second kappa shape index (κ2) is 36.1. The number of anilines is 12. The molecular formula is C65H76N18O24S6. The highest BCUT2D eigenvalue weighted by atomic mass is 32.2. The van der Waals surface area contributed by atoms with Crippen LogP contribution in [0.25, 0.3) is 24.3 Å². The molecule has 0 saturated heterocycles. The van der Waals surface area contributed by atoms with Crippen molar-refractivity contribution in [3.8, 4) is 0 Å². The number of aliphatic hydroxyl groups is 6. The van der Waals surface area contributed by atoms with Crippen molar-refractivity contribution in [3.63, 3.8) is 0 Å². The Morgan fingerprint density at radius 1 is 0.381 bits per heavy atom. The predicted octanol–water partition coefficient (Wildman–Crippen LogP) is 3.40. The third kappa shape index (κ3) is 24.8. The number of nitrogens with one attached hydrogen (secondary N) is 7. The van der Waals surface area contributed by atoms with E-state index in [0.29, 0.717) is 0 Å². The molecule has 2 aromatic heterocycles. The Morgan fingerprint density at radius 3 is 0.929 bits per heavy atom. The molecule has 606 valence electrons. The molecule has 0 saturated carbocycles. The highest BCUT2D eigenvalue weighted by Crippen LogP contribution is 2.33. The van der Waals surface area contributed by atoms with Crippen molar-refractivity contribution in [2.45, 2.75) is 87.8 Å². The summed E-state index contributed by atoms with van der Waals surface area (Å²) in [5, 5.41) is 81.2. The summed E-state index contributed by atoms with van der Waals surface area (Å²) >= 11 is 0. The first-order chi connectivity index (χ1) is 52.9. The summed E-state index contributed by atoms with van der Waals surface area (Å²) < 4.78 is 213. The molecule has 9 rings (SSSR count). The number of aliphatic hydroxyl groups excluding tert-OH is 6. The summed E-state index contributed by atoms with van der Waals surface area (Å²) in [7, 11) is -29.8. The van der Waals surface area contributed by atoms with Gasteiger partial charge in [0.15, 0.2) is 6.29 Å². The molecule has 8 aromatic rings. The van der Waals surface area contributed by atoms with Gasteiger partial charge >= 0.3 is 0 Å². The molecule has 42 nitrogen and oxygen atoms in total. The SMILES string of the molecule is CC(O)CN(CC(C)O)c1nc(Nc2ccc(S(=O)(=O)O)cc2)nc(Nc2ccc(/C=C/c3ccc(NC4=NC(N(CCO)CCO)NC(Nc5ccc(/C=C/c6ccc(Nc7nc(Nc8ccc(S(=O)(=O)O)cc8)nc(N(CC(C)O)CC(C)O)n7)cc6S(=O)(=O)O)c(S(=O)(=O)O)c5)=N4)cc3S(=O)(=O)O)c(S(=O)(=O)O)c2)n1. The number of aromatic nitrogens is 6. The minimum atomic E-state index is -5.18. The maximum absolute atomic E-state index is 13.1. The molecule has 0 aliphatic carbocycles. The molecule has 1 aliphatic heterocycles. The second-order valence-electron chi connectivity index (χ2n) is 25.0. The second-order valence-corrected chi connectivity index (χ2v) is 33.4. The predicted molar refractivity (Wildman–Crippen MR) is 414 cm³/mol. The van der Waals surface area contributed by atoms with E-state index < -0.39 is 134 Å². The fourth-order valence-electron chi connectivity index (χ4n) is 10.8. The van der Waals surface area contributed by atoms with Gasteiger partial charge in [-0.2, -0.15) is 85.4 Å².